The first kappa shape index (κ1) is 17.6. The number of carbonyl (C=O) groups excluding carboxylic acids is 1. The average Bonchev–Trinajstić information content (AvgIpc) is 2.70. The average molecular weight is 308 g/mol. The van der Waals surface area contributed by atoms with Gasteiger partial charge in [0.25, 0.3) is 0 Å². The molecule has 1 fully saturated rings. The van der Waals surface area contributed by atoms with Crippen LogP contribution in [0, 0.1) is 5.92 Å². The van der Waals surface area contributed by atoms with Crippen LogP contribution in [0.4, 0.5) is 0 Å². The first-order valence-electron chi connectivity index (χ1n) is 7.04. The molecule has 1 aliphatic heterocycles. The Bertz CT molecular complexity index is 372. The molecule has 0 bridgehead atoms. The molecule has 0 saturated carbocycles. The smallest absolute Gasteiger partial charge is 0.303 e. The van der Waals surface area contributed by atoms with E-state index < -0.39 is 25.7 Å². The van der Waals surface area contributed by atoms with Crippen molar-refractivity contribution in [2.75, 3.05) is 18.9 Å². The summed E-state index contributed by atoms with van der Waals surface area (Å²) in [5.74, 6) is -0.484. The molecule has 5 atom stereocenters. The van der Waals surface area contributed by atoms with Gasteiger partial charge in [0.05, 0.1) is 12.7 Å². The summed E-state index contributed by atoms with van der Waals surface area (Å²) in [5, 5.41) is 9.72. The van der Waals surface area contributed by atoms with E-state index in [9.17, 15) is 14.5 Å². The lowest BCUT2D eigenvalue weighted by Gasteiger charge is -2.23. The Balaban J connectivity index is 2.58. The van der Waals surface area contributed by atoms with Crippen LogP contribution in [0.15, 0.2) is 0 Å². The van der Waals surface area contributed by atoms with Gasteiger partial charge in [0, 0.05) is 25.7 Å². The summed E-state index contributed by atoms with van der Waals surface area (Å²) in [6.07, 6.45) is -0.741. The van der Waals surface area contributed by atoms with Crippen molar-refractivity contribution in [2.45, 2.75) is 52.6 Å². The molecular formula is C13H25O6P. The Morgan fingerprint density at radius 1 is 1.50 bits per heavy atom. The lowest BCUT2D eigenvalue weighted by molar-refractivity contribution is -0.169. The summed E-state index contributed by atoms with van der Waals surface area (Å²) in [7, 11) is -2.65. The number of carbonyl (C=O) groups is 1. The highest BCUT2D eigenvalue weighted by molar-refractivity contribution is 7.58. The molecule has 1 saturated heterocycles. The Morgan fingerprint density at radius 3 is 2.65 bits per heavy atom. The van der Waals surface area contributed by atoms with E-state index in [1.807, 2.05) is 20.8 Å². The first-order valence-corrected chi connectivity index (χ1v) is 9.04. The predicted molar refractivity (Wildman–Crippen MR) is 74.9 cm³/mol. The Hall–Kier alpha value is -0.420. The standard InChI is InChI=1S/C13H25O6P/c1-5-17-20(16,6-2)8-9(3)11-7-12(13(15)19-11)18-10(4)14/h9,11-13,15H,5-8H2,1-4H3/t9?,11?,12-,13?,20?/m1/s1. The third-order valence-electron chi connectivity index (χ3n) is 3.46. The third-order valence-corrected chi connectivity index (χ3v) is 6.29. The summed E-state index contributed by atoms with van der Waals surface area (Å²) in [5.41, 5.74) is 0. The zero-order valence-electron chi connectivity index (χ0n) is 12.6. The molecule has 20 heavy (non-hydrogen) atoms. The molecule has 0 aromatic rings. The van der Waals surface area contributed by atoms with Gasteiger partial charge < -0.3 is 19.1 Å². The highest BCUT2D eigenvalue weighted by atomic mass is 31.2. The van der Waals surface area contributed by atoms with Gasteiger partial charge in [0.15, 0.2) is 12.4 Å². The number of rotatable bonds is 7. The number of hydrogen-bond donors (Lipinski definition) is 1. The van der Waals surface area contributed by atoms with Gasteiger partial charge in [-0.1, -0.05) is 13.8 Å². The van der Waals surface area contributed by atoms with Crippen LogP contribution >= 0.6 is 7.37 Å². The van der Waals surface area contributed by atoms with Gasteiger partial charge in [-0.3, -0.25) is 9.36 Å². The molecule has 1 rings (SSSR count). The molecule has 1 heterocycles. The number of hydrogen-bond acceptors (Lipinski definition) is 6. The molecule has 0 aromatic heterocycles. The molecule has 118 valence electrons. The molecule has 0 aliphatic carbocycles. The van der Waals surface area contributed by atoms with Crippen molar-refractivity contribution < 1.29 is 28.5 Å². The molecule has 1 N–H and O–H groups in total. The molecule has 0 amide bonds. The Morgan fingerprint density at radius 2 is 2.15 bits per heavy atom. The molecule has 7 heteroatoms. The van der Waals surface area contributed by atoms with Crippen LogP contribution in [0.25, 0.3) is 0 Å². The van der Waals surface area contributed by atoms with Crippen LogP contribution in [0.1, 0.15) is 34.1 Å². The van der Waals surface area contributed by atoms with E-state index in [0.29, 0.717) is 25.4 Å². The lowest BCUT2D eigenvalue weighted by Crippen LogP contribution is -2.25. The van der Waals surface area contributed by atoms with Crippen molar-refractivity contribution >= 4 is 13.3 Å². The van der Waals surface area contributed by atoms with E-state index in [4.69, 9.17) is 14.0 Å². The molecule has 0 spiro atoms. The highest BCUT2D eigenvalue weighted by Crippen LogP contribution is 2.49. The number of ether oxygens (including phenoxy) is 2. The van der Waals surface area contributed by atoms with Crippen molar-refractivity contribution in [1.82, 2.24) is 0 Å². The summed E-state index contributed by atoms with van der Waals surface area (Å²) < 4.78 is 28.2. The van der Waals surface area contributed by atoms with Gasteiger partial charge in [-0.25, -0.2) is 0 Å². The van der Waals surface area contributed by atoms with Crippen LogP contribution in [-0.4, -0.2) is 48.5 Å². The molecular weight excluding hydrogens is 283 g/mol. The van der Waals surface area contributed by atoms with Gasteiger partial charge in [-0.05, 0) is 12.8 Å². The monoisotopic (exact) mass is 308 g/mol. The van der Waals surface area contributed by atoms with Gasteiger partial charge >= 0.3 is 5.97 Å². The summed E-state index contributed by atoms with van der Waals surface area (Å²) >= 11 is 0. The van der Waals surface area contributed by atoms with Gasteiger partial charge in [0.2, 0.25) is 7.37 Å². The van der Waals surface area contributed by atoms with Gasteiger partial charge in [0.1, 0.15) is 0 Å². The van der Waals surface area contributed by atoms with Gasteiger partial charge in [-0.15, -0.1) is 0 Å². The van der Waals surface area contributed by atoms with Crippen LogP contribution in [0.2, 0.25) is 0 Å². The number of aliphatic hydroxyl groups excluding tert-OH is 1. The number of esters is 1. The maximum absolute atomic E-state index is 12.5. The van der Waals surface area contributed by atoms with E-state index >= 15 is 0 Å². The lowest BCUT2D eigenvalue weighted by atomic mass is 10.0. The minimum Gasteiger partial charge on any atom is -0.457 e. The zero-order valence-corrected chi connectivity index (χ0v) is 13.5. The second kappa shape index (κ2) is 7.55. The van der Waals surface area contributed by atoms with Crippen LogP contribution in [-0.2, 0) is 23.4 Å². The van der Waals surface area contributed by atoms with Crippen molar-refractivity contribution in [2.24, 2.45) is 5.92 Å². The maximum atomic E-state index is 12.5. The third kappa shape index (κ3) is 4.85. The molecule has 6 nitrogen and oxygen atoms in total. The second-order valence-corrected chi connectivity index (χ2v) is 8.04. The fourth-order valence-corrected chi connectivity index (χ4v) is 4.55. The largest absolute Gasteiger partial charge is 0.457 e. The topological polar surface area (TPSA) is 82.1 Å². The molecule has 1 aliphatic rings. The fraction of sp³-hybridized carbons (Fsp3) is 0.923. The number of aliphatic hydroxyl groups is 1. The molecule has 0 aromatic carbocycles. The van der Waals surface area contributed by atoms with Gasteiger partial charge in [-0.2, -0.15) is 0 Å². The van der Waals surface area contributed by atoms with Crippen LogP contribution < -0.4 is 0 Å². The van der Waals surface area contributed by atoms with E-state index in [2.05, 4.69) is 0 Å². The van der Waals surface area contributed by atoms with E-state index in [0.717, 1.165) is 0 Å². The minimum absolute atomic E-state index is 0.0393. The van der Waals surface area contributed by atoms with Crippen molar-refractivity contribution in [3.8, 4) is 0 Å². The second-order valence-electron chi connectivity index (χ2n) is 5.16. The zero-order chi connectivity index (χ0) is 15.3. The van der Waals surface area contributed by atoms with Crippen molar-refractivity contribution in [1.29, 1.82) is 0 Å². The van der Waals surface area contributed by atoms with Crippen LogP contribution in [0.3, 0.4) is 0 Å². The maximum Gasteiger partial charge on any atom is 0.303 e. The van der Waals surface area contributed by atoms with Crippen molar-refractivity contribution in [3.05, 3.63) is 0 Å². The SMILES string of the molecule is CCOP(=O)(CC)CC(C)C1C[C@@H](OC(C)=O)C(O)O1. The summed E-state index contributed by atoms with van der Waals surface area (Å²) in [6.45, 7) is 7.29. The van der Waals surface area contributed by atoms with Crippen LogP contribution in [0.5, 0.6) is 0 Å². The Kier molecular flexibility index (Phi) is 6.65. The molecule has 0 radical (unpaired) electrons. The van der Waals surface area contributed by atoms with E-state index in [1.54, 1.807) is 0 Å². The van der Waals surface area contributed by atoms with E-state index in [-0.39, 0.29) is 12.0 Å². The first-order chi connectivity index (χ1) is 9.31. The minimum atomic E-state index is -2.65. The highest BCUT2D eigenvalue weighted by Gasteiger charge is 2.40. The summed E-state index contributed by atoms with van der Waals surface area (Å²) in [6, 6.07) is 0. The quantitative estimate of drug-likeness (QED) is 0.572. The van der Waals surface area contributed by atoms with Crippen molar-refractivity contribution in [3.63, 3.8) is 0 Å². The normalized spacial score (nSPS) is 30.8. The summed E-state index contributed by atoms with van der Waals surface area (Å²) in [4.78, 5) is 10.9. The van der Waals surface area contributed by atoms with E-state index in [1.165, 1.54) is 6.92 Å². The predicted octanol–water partition coefficient (Wildman–Crippen LogP) is 2.00. The Labute approximate surface area is 120 Å². The fourth-order valence-electron chi connectivity index (χ4n) is 2.42. The molecule has 4 unspecified atom stereocenters.